The zero-order chi connectivity index (χ0) is 13.2. The van der Waals surface area contributed by atoms with Gasteiger partial charge in [-0.05, 0) is 53.6 Å². The van der Waals surface area contributed by atoms with Crippen molar-refractivity contribution in [3.63, 3.8) is 0 Å². The fourth-order valence-electron chi connectivity index (χ4n) is 1.74. The number of aromatic nitrogens is 2. The summed E-state index contributed by atoms with van der Waals surface area (Å²) in [5, 5.41) is 6.52. The van der Waals surface area contributed by atoms with Gasteiger partial charge in [-0.3, -0.25) is 0 Å². The molecule has 0 fully saturated rings. The minimum Gasteiger partial charge on any atom is -0.340 e. The van der Waals surface area contributed by atoms with Crippen molar-refractivity contribution in [2.24, 2.45) is 0 Å². The van der Waals surface area contributed by atoms with Gasteiger partial charge in [0.15, 0.2) is 0 Å². The largest absolute Gasteiger partial charge is 0.340 e. The van der Waals surface area contributed by atoms with Crippen LogP contribution < -0.4 is 5.32 Å². The van der Waals surface area contributed by atoms with E-state index >= 15 is 0 Å². The third kappa shape index (κ3) is 2.68. The van der Waals surface area contributed by atoms with E-state index in [4.69, 9.17) is 11.6 Å². The maximum atomic E-state index is 5.94. The van der Waals surface area contributed by atoms with Crippen LogP contribution in [0, 0.1) is 0 Å². The highest BCUT2D eigenvalue weighted by Gasteiger charge is 2.07. The predicted octanol–water partition coefficient (Wildman–Crippen LogP) is 4.81. The molecule has 2 heterocycles. The first-order valence-electron chi connectivity index (χ1n) is 5.58. The molecular formula is C13H10ClN3S2. The Kier molecular flexibility index (Phi) is 3.59. The minimum atomic E-state index is 0.262. The van der Waals surface area contributed by atoms with Gasteiger partial charge in [0.05, 0.1) is 5.39 Å². The molecule has 2 aromatic heterocycles. The van der Waals surface area contributed by atoms with E-state index in [-0.39, 0.29) is 5.28 Å². The number of thioether (sulfide) groups is 1. The quantitative estimate of drug-likeness (QED) is 0.556. The molecule has 0 saturated carbocycles. The third-order valence-corrected chi connectivity index (χ3v) is 4.37. The highest BCUT2D eigenvalue weighted by Crippen LogP contribution is 2.29. The standard InChI is InChI=1S/C13H10ClN3S2/c1-18-9-4-2-8(3-5-9)15-11-10-6-7-19-12(10)17-13(14)16-11/h2-7H,1H3,(H,15,16,17). The molecular weight excluding hydrogens is 298 g/mol. The molecule has 0 radical (unpaired) electrons. The Labute approximate surface area is 124 Å². The highest BCUT2D eigenvalue weighted by molar-refractivity contribution is 7.98. The van der Waals surface area contributed by atoms with Crippen LogP contribution in [0.4, 0.5) is 11.5 Å². The van der Waals surface area contributed by atoms with Crippen LogP contribution in [0.2, 0.25) is 5.28 Å². The fourth-order valence-corrected chi connectivity index (χ4v) is 3.13. The summed E-state index contributed by atoms with van der Waals surface area (Å²) in [6, 6.07) is 10.2. The lowest BCUT2D eigenvalue weighted by molar-refractivity contribution is 1.23. The van der Waals surface area contributed by atoms with Crippen LogP contribution in [-0.4, -0.2) is 16.2 Å². The van der Waals surface area contributed by atoms with Gasteiger partial charge in [0.25, 0.3) is 0 Å². The first kappa shape index (κ1) is 12.7. The van der Waals surface area contributed by atoms with E-state index in [9.17, 15) is 0 Å². The van der Waals surface area contributed by atoms with Gasteiger partial charge in [-0.2, -0.15) is 4.98 Å². The van der Waals surface area contributed by atoms with Crippen LogP contribution in [0.3, 0.4) is 0 Å². The number of rotatable bonds is 3. The third-order valence-electron chi connectivity index (χ3n) is 2.65. The van der Waals surface area contributed by atoms with Crippen molar-refractivity contribution in [2.45, 2.75) is 4.90 Å². The molecule has 19 heavy (non-hydrogen) atoms. The molecule has 1 aromatic carbocycles. The zero-order valence-electron chi connectivity index (χ0n) is 10.1. The van der Waals surface area contributed by atoms with Crippen molar-refractivity contribution in [3.8, 4) is 0 Å². The van der Waals surface area contributed by atoms with Crippen LogP contribution in [0.1, 0.15) is 0 Å². The van der Waals surface area contributed by atoms with E-state index in [0.29, 0.717) is 0 Å². The van der Waals surface area contributed by atoms with Gasteiger partial charge in [-0.25, -0.2) is 4.98 Å². The fraction of sp³-hybridized carbons (Fsp3) is 0.0769. The second-order valence-electron chi connectivity index (χ2n) is 3.83. The molecule has 0 spiro atoms. The summed E-state index contributed by atoms with van der Waals surface area (Å²) in [6.45, 7) is 0. The maximum absolute atomic E-state index is 5.94. The van der Waals surface area contributed by atoms with E-state index < -0.39 is 0 Å². The van der Waals surface area contributed by atoms with Crippen molar-refractivity contribution in [3.05, 3.63) is 41.0 Å². The molecule has 0 aliphatic rings. The number of benzene rings is 1. The molecule has 0 saturated heterocycles. The number of nitrogens with zero attached hydrogens (tertiary/aromatic N) is 2. The van der Waals surface area contributed by atoms with Gasteiger partial charge in [0.2, 0.25) is 5.28 Å². The topological polar surface area (TPSA) is 37.8 Å². The molecule has 0 bridgehead atoms. The van der Waals surface area contributed by atoms with E-state index in [1.165, 1.54) is 4.90 Å². The lowest BCUT2D eigenvalue weighted by Gasteiger charge is -2.07. The number of fused-ring (bicyclic) bond motifs is 1. The Morgan fingerprint density at radius 3 is 2.68 bits per heavy atom. The molecule has 1 N–H and O–H groups in total. The van der Waals surface area contributed by atoms with E-state index in [2.05, 4.69) is 33.7 Å². The second-order valence-corrected chi connectivity index (χ2v) is 5.95. The Bertz CT molecular complexity index is 709. The molecule has 0 amide bonds. The number of hydrogen-bond acceptors (Lipinski definition) is 5. The summed E-state index contributed by atoms with van der Waals surface area (Å²) >= 11 is 9.21. The second kappa shape index (κ2) is 5.36. The van der Waals surface area contributed by atoms with Crippen LogP contribution >= 0.6 is 34.7 Å². The van der Waals surface area contributed by atoms with Crippen LogP contribution in [0.25, 0.3) is 10.2 Å². The molecule has 0 aliphatic heterocycles. The SMILES string of the molecule is CSc1ccc(Nc2nc(Cl)nc3sccc23)cc1. The zero-order valence-corrected chi connectivity index (χ0v) is 12.4. The Balaban J connectivity index is 1.97. The summed E-state index contributed by atoms with van der Waals surface area (Å²) in [4.78, 5) is 10.6. The number of hydrogen-bond donors (Lipinski definition) is 1. The molecule has 0 aliphatic carbocycles. The molecule has 0 unspecified atom stereocenters. The smallest absolute Gasteiger partial charge is 0.225 e. The normalized spacial score (nSPS) is 10.8. The van der Waals surface area contributed by atoms with Crippen LogP contribution in [0.5, 0.6) is 0 Å². The summed E-state index contributed by atoms with van der Waals surface area (Å²) in [6.07, 6.45) is 2.06. The van der Waals surface area contributed by atoms with Crippen molar-refractivity contribution in [2.75, 3.05) is 11.6 Å². The molecule has 3 rings (SSSR count). The molecule has 0 atom stereocenters. The van der Waals surface area contributed by atoms with Gasteiger partial charge in [-0.15, -0.1) is 23.1 Å². The number of thiophene rings is 1. The van der Waals surface area contributed by atoms with Gasteiger partial charge >= 0.3 is 0 Å². The van der Waals surface area contributed by atoms with Gasteiger partial charge < -0.3 is 5.32 Å². The molecule has 96 valence electrons. The van der Waals surface area contributed by atoms with Gasteiger partial charge in [0, 0.05) is 10.6 Å². The number of nitrogens with one attached hydrogen (secondary N) is 1. The molecule has 6 heteroatoms. The number of halogens is 1. The first-order chi connectivity index (χ1) is 9.26. The van der Waals surface area contributed by atoms with E-state index in [1.54, 1.807) is 23.1 Å². The Hall–Kier alpha value is -1.30. The van der Waals surface area contributed by atoms with Crippen molar-refractivity contribution < 1.29 is 0 Å². The predicted molar refractivity (Wildman–Crippen MR) is 83.9 cm³/mol. The molecule has 3 nitrogen and oxygen atoms in total. The average Bonchev–Trinajstić information content (AvgIpc) is 2.88. The first-order valence-corrected chi connectivity index (χ1v) is 8.06. The van der Waals surface area contributed by atoms with Crippen molar-refractivity contribution in [1.29, 1.82) is 0 Å². The maximum Gasteiger partial charge on any atom is 0.225 e. The van der Waals surface area contributed by atoms with Gasteiger partial charge in [0.1, 0.15) is 10.6 Å². The Morgan fingerprint density at radius 2 is 1.95 bits per heavy atom. The summed E-state index contributed by atoms with van der Waals surface area (Å²) < 4.78 is 0. The average molecular weight is 308 g/mol. The Morgan fingerprint density at radius 1 is 1.16 bits per heavy atom. The van der Waals surface area contributed by atoms with E-state index in [0.717, 1.165) is 21.7 Å². The monoisotopic (exact) mass is 307 g/mol. The summed E-state index contributed by atoms with van der Waals surface area (Å²) in [7, 11) is 0. The van der Waals surface area contributed by atoms with Crippen molar-refractivity contribution >= 4 is 56.4 Å². The highest BCUT2D eigenvalue weighted by atomic mass is 35.5. The summed E-state index contributed by atoms with van der Waals surface area (Å²) in [5.41, 5.74) is 0.986. The van der Waals surface area contributed by atoms with E-state index in [1.807, 2.05) is 23.6 Å². The summed E-state index contributed by atoms with van der Waals surface area (Å²) in [5.74, 6) is 0.744. The van der Waals surface area contributed by atoms with Crippen molar-refractivity contribution in [1.82, 2.24) is 9.97 Å². The number of anilines is 2. The van der Waals surface area contributed by atoms with Crippen LogP contribution in [-0.2, 0) is 0 Å². The lowest BCUT2D eigenvalue weighted by atomic mass is 10.3. The van der Waals surface area contributed by atoms with Crippen LogP contribution in [0.15, 0.2) is 40.6 Å². The van der Waals surface area contributed by atoms with Gasteiger partial charge in [-0.1, -0.05) is 0 Å². The lowest BCUT2D eigenvalue weighted by Crippen LogP contribution is -1.95. The minimum absolute atomic E-state index is 0.262. The molecule has 3 aromatic rings.